The zero-order valence-electron chi connectivity index (χ0n) is 11.9. The van der Waals surface area contributed by atoms with Gasteiger partial charge in [-0.3, -0.25) is 4.90 Å². The quantitative estimate of drug-likeness (QED) is 0.832. The topological polar surface area (TPSA) is 36.3 Å². The van der Waals surface area contributed by atoms with Crippen LogP contribution in [-0.4, -0.2) is 25.1 Å². The molecule has 1 heterocycles. The predicted molar refractivity (Wildman–Crippen MR) is 75.8 cm³/mol. The molecule has 0 radical (unpaired) electrons. The summed E-state index contributed by atoms with van der Waals surface area (Å²) in [4.78, 5) is 2.47. The third kappa shape index (κ3) is 3.71. The summed E-state index contributed by atoms with van der Waals surface area (Å²) in [5.41, 5.74) is 1.52. The van der Waals surface area contributed by atoms with Crippen molar-refractivity contribution in [3.05, 3.63) is 29.8 Å². The first-order valence-corrected chi connectivity index (χ1v) is 6.87. The zero-order chi connectivity index (χ0) is 13.7. The number of nitrogens with zero attached hydrogens (tertiary/aromatic N) is 2. The molecule has 3 heteroatoms. The van der Waals surface area contributed by atoms with E-state index in [0.717, 1.165) is 38.2 Å². The summed E-state index contributed by atoms with van der Waals surface area (Å²) in [6.07, 6.45) is 2.91. The number of nitriles is 1. The highest BCUT2D eigenvalue weighted by Gasteiger charge is 2.29. The van der Waals surface area contributed by atoms with Crippen molar-refractivity contribution >= 4 is 0 Å². The van der Waals surface area contributed by atoms with Gasteiger partial charge in [-0.25, -0.2) is 0 Å². The molecule has 2 rings (SSSR count). The Morgan fingerprint density at radius 2 is 2.11 bits per heavy atom. The lowest BCUT2D eigenvalue weighted by atomic mass is 9.78. The van der Waals surface area contributed by atoms with E-state index in [1.807, 2.05) is 12.1 Å². The van der Waals surface area contributed by atoms with E-state index in [1.165, 1.54) is 5.56 Å². The van der Waals surface area contributed by atoms with E-state index < -0.39 is 0 Å². The van der Waals surface area contributed by atoms with Gasteiger partial charge in [0.1, 0.15) is 5.75 Å². The number of rotatable bonds is 4. The fourth-order valence-corrected chi connectivity index (χ4v) is 2.65. The molecule has 0 N–H and O–H groups in total. The Labute approximate surface area is 115 Å². The molecule has 0 unspecified atom stereocenters. The standard InChI is InChI=1S/C16H22N2O/c1-16(6-9-17)7-10-18(11-8-16)13-14-4-3-5-15(12-14)19-2/h3-5,12H,6-8,10-11,13H2,1-2H3. The van der Waals surface area contributed by atoms with Crippen molar-refractivity contribution in [2.24, 2.45) is 5.41 Å². The minimum atomic E-state index is 0.222. The summed E-state index contributed by atoms with van der Waals surface area (Å²) in [5, 5.41) is 8.86. The average Bonchev–Trinajstić information content (AvgIpc) is 2.42. The van der Waals surface area contributed by atoms with Crippen LogP contribution in [0.5, 0.6) is 5.75 Å². The van der Waals surface area contributed by atoms with Gasteiger partial charge in [0.25, 0.3) is 0 Å². The SMILES string of the molecule is COc1cccc(CN2CCC(C)(CC#N)CC2)c1. The summed E-state index contributed by atoms with van der Waals surface area (Å²) < 4.78 is 5.25. The first-order valence-electron chi connectivity index (χ1n) is 6.87. The summed E-state index contributed by atoms with van der Waals surface area (Å²) in [6, 6.07) is 10.6. The summed E-state index contributed by atoms with van der Waals surface area (Å²) in [6.45, 7) is 5.36. The van der Waals surface area contributed by atoms with Gasteiger partial charge < -0.3 is 4.74 Å². The largest absolute Gasteiger partial charge is 0.497 e. The van der Waals surface area contributed by atoms with Gasteiger partial charge in [0.05, 0.1) is 13.2 Å². The first-order chi connectivity index (χ1) is 9.15. The predicted octanol–water partition coefficient (Wildman–Crippen LogP) is 3.21. The van der Waals surface area contributed by atoms with Crippen LogP contribution >= 0.6 is 0 Å². The van der Waals surface area contributed by atoms with Crippen molar-refractivity contribution in [1.82, 2.24) is 4.90 Å². The van der Waals surface area contributed by atoms with Crippen molar-refractivity contribution in [3.8, 4) is 11.8 Å². The summed E-state index contributed by atoms with van der Waals surface area (Å²) in [7, 11) is 1.70. The van der Waals surface area contributed by atoms with Gasteiger partial charge in [-0.05, 0) is 49.0 Å². The van der Waals surface area contributed by atoms with E-state index >= 15 is 0 Å². The van der Waals surface area contributed by atoms with E-state index in [2.05, 4.69) is 30.0 Å². The Kier molecular flexibility index (Phi) is 4.44. The Hall–Kier alpha value is -1.53. The second-order valence-electron chi connectivity index (χ2n) is 5.77. The molecule has 1 aromatic rings. The average molecular weight is 258 g/mol. The van der Waals surface area contributed by atoms with Gasteiger partial charge in [0.15, 0.2) is 0 Å². The number of piperidine rings is 1. The van der Waals surface area contributed by atoms with Crippen LogP contribution in [0, 0.1) is 16.7 Å². The molecule has 0 saturated carbocycles. The van der Waals surface area contributed by atoms with Gasteiger partial charge in [0, 0.05) is 13.0 Å². The molecule has 0 aliphatic carbocycles. The second kappa shape index (κ2) is 6.08. The van der Waals surface area contributed by atoms with Crippen molar-refractivity contribution in [2.75, 3.05) is 20.2 Å². The molecule has 1 aliphatic rings. The van der Waals surface area contributed by atoms with Crippen molar-refractivity contribution in [3.63, 3.8) is 0 Å². The van der Waals surface area contributed by atoms with Crippen LogP contribution in [-0.2, 0) is 6.54 Å². The van der Waals surface area contributed by atoms with Gasteiger partial charge in [-0.15, -0.1) is 0 Å². The molecule has 1 fully saturated rings. The van der Waals surface area contributed by atoms with Crippen molar-refractivity contribution < 1.29 is 4.74 Å². The molecule has 19 heavy (non-hydrogen) atoms. The van der Waals surface area contributed by atoms with Crippen LogP contribution in [0.1, 0.15) is 31.7 Å². The van der Waals surface area contributed by atoms with Gasteiger partial charge >= 0.3 is 0 Å². The molecule has 1 saturated heterocycles. The lowest BCUT2D eigenvalue weighted by Crippen LogP contribution is -2.38. The molecule has 1 aromatic carbocycles. The molecule has 102 valence electrons. The van der Waals surface area contributed by atoms with Crippen molar-refractivity contribution in [1.29, 1.82) is 5.26 Å². The smallest absolute Gasteiger partial charge is 0.119 e. The van der Waals surface area contributed by atoms with Crippen LogP contribution < -0.4 is 4.74 Å². The third-order valence-corrected chi connectivity index (χ3v) is 4.11. The number of hydrogen-bond acceptors (Lipinski definition) is 3. The molecule has 0 aromatic heterocycles. The third-order valence-electron chi connectivity index (χ3n) is 4.11. The molecule has 0 bridgehead atoms. The van der Waals surface area contributed by atoms with E-state index in [9.17, 15) is 0 Å². The molecular weight excluding hydrogens is 236 g/mol. The molecule has 3 nitrogen and oxygen atoms in total. The van der Waals surface area contributed by atoms with E-state index in [4.69, 9.17) is 10.00 Å². The molecular formula is C16H22N2O. The van der Waals surface area contributed by atoms with Crippen LogP contribution in [0.25, 0.3) is 0 Å². The Morgan fingerprint density at radius 1 is 1.37 bits per heavy atom. The normalized spacial score (nSPS) is 18.8. The van der Waals surface area contributed by atoms with E-state index in [0.29, 0.717) is 6.42 Å². The van der Waals surface area contributed by atoms with E-state index in [1.54, 1.807) is 7.11 Å². The number of methoxy groups -OCH3 is 1. The zero-order valence-corrected chi connectivity index (χ0v) is 11.9. The summed E-state index contributed by atoms with van der Waals surface area (Å²) >= 11 is 0. The fourth-order valence-electron chi connectivity index (χ4n) is 2.65. The second-order valence-corrected chi connectivity index (χ2v) is 5.77. The molecule has 1 aliphatic heterocycles. The van der Waals surface area contributed by atoms with Crippen molar-refractivity contribution in [2.45, 2.75) is 32.7 Å². The maximum Gasteiger partial charge on any atom is 0.119 e. The van der Waals surface area contributed by atoms with Crippen LogP contribution in [0.3, 0.4) is 0 Å². The molecule has 0 spiro atoms. The number of ether oxygens (including phenoxy) is 1. The maximum atomic E-state index is 8.86. The Bertz CT molecular complexity index is 456. The minimum Gasteiger partial charge on any atom is -0.497 e. The summed E-state index contributed by atoms with van der Waals surface area (Å²) in [5.74, 6) is 0.920. The first kappa shape index (κ1) is 13.9. The molecule has 0 atom stereocenters. The lowest BCUT2D eigenvalue weighted by Gasteiger charge is -2.38. The fraction of sp³-hybridized carbons (Fsp3) is 0.562. The highest BCUT2D eigenvalue weighted by atomic mass is 16.5. The monoisotopic (exact) mass is 258 g/mol. The van der Waals surface area contributed by atoms with Crippen LogP contribution in [0.2, 0.25) is 0 Å². The van der Waals surface area contributed by atoms with Gasteiger partial charge in [-0.2, -0.15) is 5.26 Å². The van der Waals surface area contributed by atoms with Crippen LogP contribution in [0.4, 0.5) is 0 Å². The number of likely N-dealkylation sites (tertiary alicyclic amines) is 1. The minimum absolute atomic E-state index is 0.222. The number of hydrogen-bond donors (Lipinski definition) is 0. The Morgan fingerprint density at radius 3 is 2.74 bits per heavy atom. The Balaban J connectivity index is 1.90. The lowest BCUT2D eigenvalue weighted by molar-refractivity contribution is 0.116. The molecule has 0 amide bonds. The number of benzene rings is 1. The van der Waals surface area contributed by atoms with Gasteiger partial charge in [-0.1, -0.05) is 19.1 Å². The highest BCUT2D eigenvalue weighted by molar-refractivity contribution is 5.28. The van der Waals surface area contributed by atoms with Gasteiger partial charge in [0.2, 0.25) is 0 Å². The highest BCUT2D eigenvalue weighted by Crippen LogP contribution is 2.34. The maximum absolute atomic E-state index is 8.86. The van der Waals surface area contributed by atoms with Crippen LogP contribution in [0.15, 0.2) is 24.3 Å². The van der Waals surface area contributed by atoms with E-state index in [-0.39, 0.29) is 5.41 Å².